The van der Waals surface area contributed by atoms with E-state index in [9.17, 15) is 19.2 Å². The molecule has 0 spiro atoms. The summed E-state index contributed by atoms with van der Waals surface area (Å²) in [7, 11) is 2.62. The van der Waals surface area contributed by atoms with Gasteiger partial charge in [0.15, 0.2) is 0 Å². The average Bonchev–Trinajstić information content (AvgIpc) is 4.06. The number of alkyl carbamates (subject to hydrolysis) is 2. The van der Waals surface area contributed by atoms with E-state index < -0.39 is 24.3 Å². The number of rotatable bonds is 11. The second-order valence-electron chi connectivity index (χ2n) is 19.5. The average molecular weight is 869 g/mol. The monoisotopic (exact) mass is 868 g/mol. The van der Waals surface area contributed by atoms with Crippen molar-refractivity contribution < 1.29 is 28.7 Å². The van der Waals surface area contributed by atoms with Gasteiger partial charge < -0.3 is 39.9 Å². The van der Waals surface area contributed by atoms with E-state index in [0.717, 1.165) is 71.5 Å². The minimum Gasteiger partial charge on any atom is -0.453 e. The number of ether oxygens (including phenoxy) is 2. The number of aromatic nitrogens is 4. The fourth-order valence-corrected chi connectivity index (χ4v) is 12.3. The maximum atomic E-state index is 13.8. The fraction of sp³-hybridized carbons (Fsp3) is 0.520. The summed E-state index contributed by atoms with van der Waals surface area (Å²) in [6, 6.07) is 13.8. The molecule has 4 heterocycles. The van der Waals surface area contributed by atoms with Crippen molar-refractivity contribution in [3.8, 4) is 11.3 Å². The highest BCUT2D eigenvalue weighted by Crippen LogP contribution is 2.76. The molecule has 0 radical (unpaired) electrons. The van der Waals surface area contributed by atoms with Crippen LogP contribution in [0.4, 0.5) is 9.59 Å². The second-order valence-corrected chi connectivity index (χ2v) is 19.5. The van der Waals surface area contributed by atoms with Crippen molar-refractivity contribution >= 4 is 40.6 Å². The zero-order valence-electron chi connectivity index (χ0n) is 37.6. The zero-order chi connectivity index (χ0) is 44.6. The van der Waals surface area contributed by atoms with E-state index in [0.29, 0.717) is 30.8 Å². The van der Waals surface area contributed by atoms with Crippen LogP contribution in [0, 0.1) is 41.4 Å². The van der Waals surface area contributed by atoms with Gasteiger partial charge in [0.25, 0.3) is 0 Å². The first-order chi connectivity index (χ1) is 30.9. The predicted octanol–water partition coefficient (Wildman–Crippen LogP) is 8.05. The maximum absolute atomic E-state index is 13.8. The van der Waals surface area contributed by atoms with Crippen molar-refractivity contribution in [3.63, 3.8) is 0 Å². The van der Waals surface area contributed by atoms with E-state index in [-0.39, 0.29) is 41.7 Å². The summed E-state index contributed by atoms with van der Waals surface area (Å²) in [6.45, 7) is 8.92. The lowest BCUT2D eigenvalue weighted by Crippen LogP contribution is -2.51. The topological polar surface area (TPSA) is 175 Å². The van der Waals surface area contributed by atoms with Gasteiger partial charge in [0, 0.05) is 19.0 Å². The Hall–Kier alpha value is -5.92. The van der Waals surface area contributed by atoms with Crippen LogP contribution in [0.3, 0.4) is 0 Å². The van der Waals surface area contributed by atoms with Crippen LogP contribution in [-0.4, -0.2) is 93.1 Å². The van der Waals surface area contributed by atoms with Crippen molar-refractivity contribution in [2.75, 3.05) is 27.3 Å². The molecule has 5 fully saturated rings. The van der Waals surface area contributed by atoms with Gasteiger partial charge in [-0.05, 0) is 114 Å². The highest BCUT2D eigenvalue weighted by atomic mass is 16.5. The normalized spacial score (nSPS) is 27.6. The number of hydrogen-bond acceptors (Lipinski definition) is 8. The SMILES string of the molecule is COC(=O)N[C@H](C(=O)N1CCC[C@H]1c1ncc(-c2ccc(C3=C4C(C(c5ccc6nc([C@@H]7CCCN7C(=O)[C@@H](NC(=O)OC)C(C)C)[nH]c6c5)C=C3)[C@H]3CC[C@@H]5C3[C@H]45)cc2)[nH]1)C(C)C. The van der Waals surface area contributed by atoms with Crippen LogP contribution in [0.25, 0.3) is 27.9 Å². The number of imidazole rings is 2. The number of allylic oxidation sites excluding steroid dienone is 4. The molecule has 0 bridgehead atoms. The van der Waals surface area contributed by atoms with Gasteiger partial charge in [0.1, 0.15) is 23.7 Å². The van der Waals surface area contributed by atoms with Gasteiger partial charge in [-0.1, -0.05) is 75.8 Å². The molecule has 2 aromatic carbocycles. The standard InChI is InChI=1S/C50H60N8O6/c1-25(2)43(55-49(61)63-5)47(59)57-21-7-9-37(57)45-51-24-36(54-45)28-13-11-27(12-14-28)30-16-17-31(39-32-18-19-33-40(32)42(33)41(30)39)29-15-20-34-35(23-29)53-46(52-34)38-10-8-22-58(38)48(60)44(26(3)4)56-50(62)64-6/h11-17,20,23-26,31-33,37-40,42-44H,7-10,18-19,21-22H2,1-6H3,(H,51,54)(H,52,53)(H,55,61)(H,56,62)/t31?,32-,33-,37+,38+,39?,40?,42-,43+,44+/m1/s1. The van der Waals surface area contributed by atoms with Gasteiger partial charge in [-0.3, -0.25) is 9.59 Å². The van der Waals surface area contributed by atoms with Gasteiger partial charge in [-0.2, -0.15) is 0 Å². The number of benzene rings is 2. The molecule has 6 aliphatic rings. The summed E-state index contributed by atoms with van der Waals surface area (Å²) in [5.74, 6) is 4.77. The molecule has 4 aliphatic carbocycles. The molecule has 3 saturated carbocycles. The highest BCUT2D eigenvalue weighted by Gasteiger charge is 2.69. The van der Waals surface area contributed by atoms with Crippen LogP contribution in [0.2, 0.25) is 0 Å². The predicted molar refractivity (Wildman–Crippen MR) is 241 cm³/mol. The zero-order valence-corrected chi connectivity index (χ0v) is 37.6. The molecule has 4 aromatic rings. The van der Waals surface area contributed by atoms with E-state index in [1.165, 1.54) is 43.8 Å². The minimum atomic E-state index is -0.681. The molecule has 14 nitrogen and oxygen atoms in total. The number of carbonyl (C=O) groups is 4. The van der Waals surface area contributed by atoms with Crippen LogP contribution in [0.5, 0.6) is 0 Å². The smallest absolute Gasteiger partial charge is 0.407 e. The minimum absolute atomic E-state index is 0.0979. The Morgan fingerprint density at radius 1 is 0.734 bits per heavy atom. The van der Waals surface area contributed by atoms with E-state index in [1.807, 2.05) is 43.7 Å². The first-order valence-corrected chi connectivity index (χ1v) is 23.3. The number of carbonyl (C=O) groups excluding carboxylic acids is 4. The van der Waals surface area contributed by atoms with Crippen LogP contribution in [-0.2, 0) is 19.1 Å². The number of amides is 4. The fourth-order valence-electron chi connectivity index (χ4n) is 12.3. The van der Waals surface area contributed by atoms with Gasteiger partial charge in [0.05, 0.1) is 49.2 Å². The Labute approximate surface area is 374 Å². The van der Waals surface area contributed by atoms with Crippen LogP contribution >= 0.6 is 0 Å². The number of nitrogens with one attached hydrogen (secondary N) is 4. The van der Waals surface area contributed by atoms with E-state index in [4.69, 9.17) is 19.4 Å². The molecule has 14 heteroatoms. The Morgan fingerprint density at radius 2 is 1.33 bits per heavy atom. The molecular formula is C50H60N8O6. The molecule has 4 N–H and O–H groups in total. The Kier molecular flexibility index (Phi) is 10.9. The van der Waals surface area contributed by atoms with Crippen molar-refractivity contribution in [2.24, 2.45) is 41.4 Å². The molecule has 336 valence electrons. The summed E-state index contributed by atoms with van der Waals surface area (Å²) in [5.41, 5.74) is 9.36. The summed E-state index contributed by atoms with van der Waals surface area (Å²) >= 11 is 0. The first kappa shape index (κ1) is 42.1. The lowest BCUT2D eigenvalue weighted by molar-refractivity contribution is -0.136. The number of hydrogen-bond donors (Lipinski definition) is 4. The molecule has 2 aliphatic heterocycles. The van der Waals surface area contributed by atoms with Crippen LogP contribution in [0.1, 0.15) is 107 Å². The van der Waals surface area contributed by atoms with Crippen molar-refractivity contribution in [3.05, 3.63) is 89.2 Å². The van der Waals surface area contributed by atoms with Gasteiger partial charge in [-0.25, -0.2) is 19.6 Å². The molecular weight excluding hydrogens is 809 g/mol. The molecule has 10 atom stereocenters. The molecule has 4 amide bonds. The van der Waals surface area contributed by atoms with Crippen molar-refractivity contribution in [2.45, 2.75) is 96.3 Å². The number of H-pyrrole nitrogens is 2. The summed E-state index contributed by atoms with van der Waals surface area (Å²) in [6.07, 6.45) is 11.4. The van der Waals surface area contributed by atoms with Crippen LogP contribution in [0.15, 0.2) is 66.4 Å². The van der Waals surface area contributed by atoms with Crippen LogP contribution < -0.4 is 10.6 Å². The van der Waals surface area contributed by atoms with E-state index >= 15 is 0 Å². The largest absolute Gasteiger partial charge is 0.453 e. The molecule has 3 unspecified atom stereocenters. The number of aromatic amines is 2. The number of fused-ring (bicyclic) bond motifs is 5. The van der Waals surface area contributed by atoms with Gasteiger partial charge in [0.2, 0.25) is 11.8 Å². The van der Waals surface area contributed by atoms with Gasteiger partial charge >= 0.3 is 12.2 Å². The maximum Gasteiger partial charge on any atom is 0.407 e. The Morgan fingerprint density at radius 3 is 1.94 bits per heavy atom. The lowest BCUT2D eigenvalue weighted by atomic mass is 9.71. The van der Waals surface area contributed by atoms with E-state index in [1.54, 1.807) is 5.57 Å². The summed E-state index contributed by atoms with van der Waals surface area (Å²) in [4.78, 5) is 72.4. The summed E-state index contributed by atoms with van der Waals surface area (Å²) in [5, 5.41) is 5.48. The molecule has 2 aromatic heterocycles. The number of nitrogens with zero attached hydrogens (tertiary/aromatic N) is 4. The van der Waals surface area contributed by atoms with Crippen molar-refractivity contribution in [1.82, 2.24) is 40.4 Å². The lowest BCUT2D eigenvalue weighted by Gasteiger charge is -2.33. The van der Waals surface area contributed by atoms with Crippen molar-refractivity contribution in [1.29, 1.82) is 0 Å². The quantitative estimate of drug-likeness (QED) is 0.117. The number of methoxy groups -OCH3 is 2. The third kappa shape index (κ3) is 7.17. The highest BCUT2D eigenvalue weighted by molar-refractivity contribution is 5.88. The third-order valence-electron chi connectivity index (χ3n) is 15.4. The molecule has 2 saturated heterocycles. The molecule has 10 rings (SSSR count). The number of likely N-dealkylation sites (tertiary alicyclic amines) is 2. The van der Waals surface area contributed by atoms with Gasteiger partial charge in [-0.15, -0.1) is 0 Å². The third-order valence-corrected chi connectivity index (χ3v) is 15.4. The second kappa shape index (κ2) is 16.6. The Bertz CT molecular complexity index is 2540. The molecule has 64 heavy (non-hydrogen) atoms. The summed E-state index contributed by atoms with van der Waals surface area (Å²) < 4.78 is 9.63. The van der Waals surface area contributed by atoms with E-state index in [2.05, 4.69) is 75.2 Å². The Balaban J connectivity index is 0.874. The first-order valence-electron chi connectivity index (χ1n) is 23.3.